The standard InChI is InChI=1S/C32H34FN5O7S/c1-43-30-28(44-19-21-10-14-35-15-11-21)9-7-24-26(13-17-36-29(24)30)45-27-8-4-22(18-25(27)33)38-32(40)31(39)37-16-12-20-2-5-23(6-3-20)46(34,41)42/h2-9,13,17-18,21,35H,10-12,14-16,19H2,1H3,(H,37,39)(H,38,40)(H2,34,41,42). The number of rotatable bonds is 11. The van der Waals surface area contributed by atoms with E-state index in [2.05, 4.69) is 20.9 Å². The predicted octanol–water partition coefficient (Wildman–Crippen LogP) is 3.50. The van der Waals surface area contributed by atoms with Crippen molar-refractivity contribution in [3.63, 3.8) is 0 Å². The highest BCUT2D eigenvalue weighted by Gasteiger charge is 2.19. The van der Waals surface area contributed by atoms with Crippen molar-refractivity contribution in [1.29, 1.82) is 0 Å². The van der Waals surface area contributed by atoms with Crippen LogP contribution in [0.4, 0.5) is 10.1 Å². The minimum absolute atomic E-state index is 0.0278. The van der Waals surface area contributed by atoms with Gasteiger partial charge in [0.2, 0.25) is 10.0 Å². The van der Waals surface area contributed by atoms with E-state index >= 15 is 4.39 Å². The number of anilines is 1. The molecule has 14 heteroatoms. The Kier molecular flexibility index (Phi) is 10.3. The summed E-state index contributed by atoms with van der Waals surface area (Å²) in [6.45, 7) is 2.61. The number of aromatic nitrogens is 1. The summed E-state index contributed by atoms with van der Waals surface area (Å²) in [5.41, 5.74) is 1.28. The summed E-state index contributed by atoms with van der Waals surface area (Å²) >= 11 is 0. The molecule has 0 radical (unpaired) electrons. The van der Waals surface area contributed by atoms with Gasteiger partial charge >= 0.3 is 11.8 Å². The van der Waals surface area contributed by atoms with Crippen LogP contribution >= 0.6 is 0 Å². The van der Waals surface area contributed by atoms with Crippen LogP contribution in [0.5, 0.6) is 23.0 Å². The molecular weight excluding hydrogens is 617 g/mol. The van der Waals surface area contributed by atoms with Crippen molar-refractivity contribution in [3.8, 4) is 23.0 Å². The first-order valence-electron chi connectivity index (χ1n) is 14.6. The molecular formula is C32H34FN5O7S. The molecule has 1 aliphatic rings. The second kappa shape index (κ2) is 14.5. The molecule has 242 valence electrons. The van der Waals surface area contributed by atoms with Crippen molar-refractivity contribution in [2.45, 2.75) is 24.2 Å². The normalized spacial score (nSPS) is 13.6. The Hall–Kier alpha value is -4.79. The van der Waals surface area contributed by atoms with E-state index in [0.29, 0.717) is 47.1 Å². The van der Waals surface area contributed by atoms with Crippen molar-refractivity contribution < 1.29 is 36.6 Å². The van der Waals surface area contributed by atoms with Gasteiger partial charge in [-0.3, -0.25) is 14.6 Å². The van der Waals surface area contributed by atoms with E-state index in [4.69, 9.17) is 19.3 Å². The van der Waals surface area contributed by atoms with Gasteiger partial charge in [-0.1, -0.05) is 12.1 Å². The van der Waals surface area contributed by atoms with Gasteiger partial charge in [0.15, 0.2) is 23.1 Å². The number of fused-ring (bicyclic) bond motifs is 1. The van der Waals surface area contributed by atoms with Gasteiger partial charge in [-0.15, -0.1) is 0 Å². The van der Waals surface area contributed by atoms with Crippen LogP contribution in [0.1, 0.15) is 18.4 Å². The fraction of sp³-hybridized carbons (Fsp3) is 0.281. The summed E-state index contributed by atoms with van der Waals surface area (Å²) in [5, 5.41) is 13.8. The lowest BCUT2D eigenvalue weighted by Crippen LogP contribution is -2.36. The van der Waals surface area contributed by atoms with Crippen molar-refractivity contribution in [2.75, 3.05) is 38.7 Å². The number of nitrogens with two attached hydrogens (primary N) is 1. The lowest BCUT2D eigenvalue weighted by atomic mass is 9.99. The zero-order valence-corrected chi connectivity index (χ0v) is 25.9. The molecule has 4 aromatic rings. The largest absolute Gasteiger partial charge is 0.491 e. The van der Waals surface area contributed by atoms with Gasteiger partial charge < -0.3 is 30.2 Å². The number of hydrogen-bond acceptors (Lipinski definition) is 9. The number of nitrogens with one attached hydrogen (secondary N) is 3. The van der Waals surface area contributed by atoms with Gasteiger partial charge in [0, 0.05) is 29.9 Å². The lowest BCUT2D eigenvalue weighted by molar-refractivity contribution is -0.136. The number of sulfonamides is 1. The highest BCUT2D eigenvalue weighted by molar-refractivity contribution is 7.89. The Morgan fingerprint density at radius 2 is 1.74 bits per heavy atom. The highest BCUT2D eigenvalue weighted by Crippen LogP contribution is 2.40. The van der Waals surface area contributed by atoms with Gasteiger partial charge in [-0.25, -0.2) is 17.9 Å². The van der Waals surface area contributed by atoms with Crippen molar-refractivity contribution in [3.05, 3.63) is 78.2 Å². The molecule has 0 bridgehead atoms. The number of benzene rings is 3. The number of ether oxygens (including phenoxy) is 3. The number of piperidine rings is 1. The SMILES string of the molecule is COc1c(OCC2CCNCC2)ccc2c(Oc3ccc(NC(=O)C(=O)NCCc4ccc(S(N)(=O)=O)cc4)cc3F)ccnc12. The van der Waals surface area contributed by atoms with Gasteiger partial charge in [0.25, 0.3) is 0 Å². The average molecular weight is 652 g/mol. The molecule has 1 aromatic heterocycles. The Bertz CT molecular complexity index is 1830. The number of amides is 2. The minimum Gasteiger partial charge on any atom is -0.491 e. The quantitative estimate of drug-likeness (QED) is 0.177. The molecule has 2 heterocycles. The number of hydrogen-bond donors (Lipinski definition) is 4. The topological polar surface area (TPSA) is 171 Å². The van der Waals surface area contributed by atoms with Gasteiger partial charge in [-0.05, 0) is 86.3 Å². The summed E-state index contributed by atoms with van der Waals surface area (Å²) in [6, 6.07) is 14.8. The van der Waals surface area contributed by atoms with E-state index in [1.54, 1.807) is 30.3 Å². The first-order chi connectivity index (χ1) is 22.1. The second-order valence-corrected chi connectivity index (χ2v) is 12.3. The summed E-state index contributed by atoms with van der Waals surface area (Å²) < 4.78 is 55.4. The summed E-state index contributed by atoms with van der Waals surface area (Å²) in [6.07, 6.45) is 3.95. The first kappa shape index (κ1) is 32.6. The third-order valence-electron chi connectivity index (χ3n) is 7.49. The van der Waals surface area contributed by atoms with Gasteiger partial charge in [0.05, 0.1) is 18.6 Å². The van der Waals surface area contributed by atoms with Crippen LogP contribution in [0.25, 0.3) is 10.9 Å². The fourth-order valence-corrected chi connectivity index (χ4v) is 5.53. The maximum absolute atomic E-state index is 15.1. The van der Waals surface area contributed by atoms with Crippen LogP contribution in [0.15, 0.2) is 71.8 Å². The molecule has 46 heavy (non-hydrogen) atoms. The highest BCUT2D eigenvalue weighted by atomic mass is 32.2. The molecule has 0 saturated carbocycles. The Morgan fingerprint density at radius 3 is 2.43 bits per heavy atom. The minimum atomic E-state index is -3.80. The van der Waals surface area contributed by atoms with E-state index in [9.17, 15) is 18.0 Å². The van der Waals surface area contributed by atoms with Gasteiger partial charge in [-0.2, -0.15) is 0 Å². The smallest absolute Gasteiger partial charge is 0.313 e. The predicted molar refractivity (Wildman–Crippen MR) is 169 cm³/mol. The van der Waals surface area contributed by atoms with Crippen LogP contribution in [0, 0.1) is 11.7 Å². The molecule has 0 unspecified atom stereocenters. The van der Waals surface area contributed by atoms with Crippen LogP contribution in [0.3, 0.4) is 0 Å². The molecule has 5 rings (SSSR count). The second-order valence-electron chi connectivity index (χ2n) is 10.7. The Morgan fingerprint density at radius 1 is 1.00 bits per heavy atom. The maximum Gasteiger partial charge on any atom is 0.313 e. The summed E-state index contributed by atoms with van der Waals surface area (Å²) in [4.78, 5) is 29.1. The third kappa shape index (κ3) is 8.07. The average Bonchev–Trinajstić information content (AvgIpc) is 3.05. The van der Waals surface area contributed by atoms with E-state index < -0.39 is 27.7 Å². The molecule has 0 atom stereocenters. The van der Waals surface area contributed by atoms with Crippen molar-refractivity contribution in [2.24, 2.45) is 11.1 Å². The number of halogens is 1. The lowest BCUT2D eigenvalue weighted by Gasteiger charge is -2.23. The van der Waals surface area contributed by atoms with Crippen LogP contribution < -0.4 is 35.3 Å². The maximum atomic E-state index is 15.1. The number of nitrogens with zero attached hydrogens (tertiary/aromatic N) is 1. The summed E-state index contributed by atoms with van der Waals surface area (Å²) in [7, 11) is -2.27. The number of carbonyl (C=O) groups is 2. The molecule has 2 amide bonds. The molecule has 0 spiro atoms. The number of primary sulfonamides is 1. The number of methoxy groups -OCH3 is 1. The molecule has 1 aliphatic heterocycles. The van der Waals surface area contributed by atoms with E-state index in [0.717, 1.165) is 37.6 Å². The zero-order chi connectivity index (χ0) is 32.7. The zero-order valence-electron chi connectivity index (χ0n) is 25.0. The fourth-order valence-electron chi connectivity index (χ4n) is 5.02. The Balaban J connectivity index is 1.19. The molecule has 0 aliphatic carbocycles. The molecule has 5 N–H and O–H groups in total. The monoisotopic (exact) mass is 651 g/mol. The molecule has 1 fully saturated rings. The van der Waals surface area contributed by atoms with Crippen molar-refractivity contribution in [1.82, 2.24) is 15.6 Å². The van der Waals surface area contributed by atoms with E-state index in [1.807, 2.05) is 0 Å². The molecule has 3 aromatic carbocycles. The number of pyridine rings is 1. The molecule has 12 nitrogen and oxygen atoms in total. The Labute approximate surface area is 265 Å². The van der Waals surface area contributed by atoms with E-state index in [-0.39, 0.29) is 22.9 Å². The van der Waals surface area contributed by atoms with E-state index in [1.165, 1.54) is 37.6 Å². The van der Waals surface area contributed by atoms with Crippen molar-refractivity contribution >= 4 is 38.4 Å². The van der Waals surface area contributed by atoms with Gasteiger partial charge in [0.1, 0.15) is 11.3 Å². The molecule has 1 saturated heterocycles. The number of carbonyl (C=O) groups excluding carboxylic acids is 2. The third-order valence-corrected chi connectivity index (χ3v) is 8.42. The van der Waals surface area contributed by atoms with Crippen LogP contribution in [-0.4, -0.2) is 58.6 Å². The summed E-state index contributed by atoms with van der Waals surface area (Å²) in [5.74, 6) is -0.968. The van der Waals surface area contributed by atoms with Crippen LogP contribution in [-0.2, 0) is 26.0 Å². The van der Waals surface area contributed by atoms with Crippen LogP contribution in [0.2, 0.25) is 0 Å². The first-order valence-corrected chi connectivity index (χ1v) is 16.1.